The van der Waals surface area contributed by atoms with Gasteiger partial charge in [-0.05, 0) is 0 Å². The van der Waals surface area contributed by atoms with Gasteiger partial charge in [0.25, 0.3) is 0 Å². The molecule has 0 fully saturated rings. The molecule has 0 rings (SSSR count). The van der Waals surface area contributed by atoms with Gasteiger partial charge >= 0.3 is 59.3 Å². The summed E-state index contributed by atoms with van der Waals surface area (Å²) in [5.74, 6) is 0. The third kappa shape index (κ3) is 103. The monoisotopic (exact) mass is 312 g/mol. The van der Waals surface area contributed by atoms with Crippen LogP contribution in [0.4, 0.5) is 0 Å². The Morgan fingerprint density at radius 2 is 1.12 bits per heavy atom. The summed E-state index contributed by atoms with van der Waals surface area (Å²) >= 11 is 0. The van der Waals surface area contributed by atoms with Gasteiger partial charge < -0.3 is 5.48 Å². The molecule has 8 heteroatoms. The summed E-state index contributed by atoms with van der Waals surface area (Å²) in [6.45, 7) is 0. The summed E-state index contributed by atoms with van der Waals surface area (Å²) in [4.78, 5) is 0. The van der Waals surface area contributed by atoms with Crippen LogP contribution in [0.3, 0.4) is 0 Å². The largest absolute Gasteiger partial charge is 0 e. The first-order valence-corrected chi connectivity index (χ1v) is 2.10. The van der Waals surface area contributed by atoms with E-state index in [9.17, 15) is 0 Å². The molecule has 0 saturated carbocycles. The molecule has 0 heterocycles. The minimum Gasteiger partial charge on any atom is 0 e. The Labute approximate surface area is 97.7 Å². The van der Waals surface area contributed by atoms with Gasteiger partial charge in [-0.3, -0.25) is 9.11 Å². The first kappa shape index (κ1) is 22.5. The molecule has 0 bridgehead atoms. The zero-order valence-electron chi connectivity index (χ0n) is 2.97. The third-order valence-electron chi connectivity index (χ3n) is 0. The molecule has 0 unspecified atom stereocenters. The number of hydrogen-bond acceptors (Lipinski definition) is 2. The average molecular weight is 311 g/mol. The van der Waals surface area contributed by atoms with E-state index in [0.717, 1.165) is 0 Å². The summed E-state index contributed by atoms with van der Waals surface area (Å²) in [5.41, 5.74) is 0. The van der Waals surface area contributed by atoms with Crippen LogP contribution in [0.2, 0.25) is 0 Å². The van der Waals surface area contributed by atoms with E-state index >= 15 is 0 Å². The van der Waals surface area contributed by atoms with E-state index in [1.165, 1.54) is 0 Å². The smallest absolute Gasteiger partial charge is 0 e. The van der Waals surface area contributed by atoms with Crippen molar-refractivity contribution in [2.24, 2.45) is 0 Å². The molecule has 0 aliphatic carbocycles. The molecule has 4 N–H and O–H groups in total. The average Bonchev–Trinajstić information content (AvgIpc) is 0.722. The summed E-state index contributed by atoms with van der Waals surface area (Å²) in [6.07, 6.45) is 0. The van der Waals surface area contributed by atoms with E-state index in [1.54, 1.807) is 0 Å². The van der Waals surface area contributed by atoms with Gasteiger partial charge in [-0.15, -0.1) is 0 Å². The van der Waals surface area contributed by atoms with Crippen molar-refractivity contribution < 1.29 is 40.1 Å². The van der Waals surface area contributed by atoms with E-state index < -0.39 is 10.4 Å². The zero-order chi connectivity index (χ0) is 4.50. The van der Waals surface area contributed by atoms with Crippen LogP contribution in [-0.2, 0) is 27.5 Å². The van der Waals surface area contributed by atoms with Crippen LogP contribution in [0.15, 0.2) is 0 Å². The van der Waals surface area contributed by atoms with Crippen LogP contribution in [0, 0.1) is 0 Å². The van der Waals surface area contributed by atoms with Gasteiger partial charge in [0.2, 0.25) is 0 Å². The van der Waals surface area contributed by atoms with E-state index in [2.05, 4.69) is 0 Å². The Morgan fingerprint density at radius 1 is 1.12 bits per heavy atom. The second-order valence-corrected chi connectivity index (χ2v) is 1.34. The molecule has 0 aromatic carbocycles. The molecule has 0 saturated heterocycles. The second-order valence-electron chi connectivity index (χ2n) is 0.448. The Morgan fingerprint density at radius 3 is 1.12 bits per heavy atom. The first-order valence-electron chi connectivity index (χ1n) is 0.698. The van der Waals surface area contributed by atoms with Gasteiger partial charge in [0, 0.05) is 17.1 Å². The summed E-state index contributed by atoms with van der Waals surface area (Å²) in [6, 6.07) is 0. The van der Waals surface area contributed by atoms with Crippen molar-refractivity contribution in [2.75, 3.05) is 0 Å². The molecule has 0 aliphatic heterocycles. The standard InChI is InChI=1S/Ba.Fe.H2O4S.H2O.2H/c;;1-5(2,3)4;;;/h;;(H2,1,2,3,4);1H2;;. The summed E-state index contributed by atoms with van der Waals surface area (Å²) < 4.78 is 31.6. The van der Waals surface area contributed by atoms with Crippen LogP contribution in [-0.4, -0.2) is 71.9 Å². The molecule has 0 aromatic rings. The molecular weight excluding hydrogens is 305 g/mol. The van der Waals surface area contributed by atoms with Gasteiger partial charge in [0.05, 0.1) is 0 Å². The Kier molecular flexibility index (Phi) is 25.1. The van der Waals surface area contributed by atoms with E-state index in [4.69, 9.17) is 17.5 Å². The van der Waals surface area contributed by atoms with Crippen molar-refractivity contribution >= 4 is 59.3 Å². The van der Waals surface area contributed by atoms with Crippen LogP contribution < -0.4 is 0 Å². The molecular formula is H6BaFeO5S. The fourth-order valence-electron chi connectivity index (χ4n) is 0. The molecule has 0 aromatic heterocycles. The van der Waals surface area contributed by atoms with Gasteiger partial charge in [-0.2, -0.15) is 8.42 Å². The normalized spacial score (nSPS) is 7.25. The SMILES string of the molecule is O.O=S(=O)(O)O.[BaH2].[Fe]. The topological polar surface area (TPSA) is 106 Å². The summed E-state index contributed by atoms with van der Waals surface area (Å²) in [7, 11) is -4.67. The van der Waals surface area contributed by atoms with Crippen molar-refractivity contribution in [3.05, 3.63) is 0 Å². The predicted molar refractivity (Wildman–Crippen MR) is 26.3 cm³/mol. The van der Waals surface area contributed by atoms with Gasteiger partial charge in [-0.25, -0.2) is 0 Å². The zero-order valence-corrected chi connectivity index (χ0v) is 4.89. The van der Waals surface area contributed by atoms with E-state index in [1.807, 2.05) is 0 Å². The minimum absolute atomic E-state index is 0. The number of hydrogen-bond donors (Lipinski definition) is 2. The Bertz CT molecular complexity index is 95.6. The van der Waals surface area contributed by atoms with Crippen LogP contribution in [0.25, 0.3) is 0 Å². The molecule has 0 amide bonds. The Hall–Kier alpha value is 1.92. The molecule has 0 spiro atoms. The molecule has 0 atom stereocenters. The fourth-order valence-corrected chi connectivity index (χ4v) is 0. The molecule has 8 heavy (non-hydrogen) atoms. The minimum atomic E-state index is -4.67. The van der Waals surface area contributed by atoms with Crippen LogP contribution in [0.5, 0.6) is 0 Å². The maximum atomic E-state index is 8.74. The summed E-state index contributed by atoms with van der Waals surface area (Å²) in [5, 5.41) is 0. The van der Waals surface area contributed by atoms with Crippen molar-refractivity contribution in [1.29, 1.82) is 0 Å². The van der Waals surface area contributed by atoms with Crippen molar-refractivity contribution in [2.45, 2.75) is 0 Å². The molecule has 0 radical (unpaired) electrons. The van der Waals surface area contributed by atoms with Crippen molar-refractivity contribution in [1.82, 2.24) is 0 Å². The maximum Gasteiger partial charge on any atom is 0 e. The van der Waals surface area contributed by atoms with Gasteiger partial charge in [0.15, 0.2) is 0 Å². The van der Waals surface area contributed by atoms with Gasteiger partial charge in [0.1, 0.15) is 0 Å². The fraction of sp³-hybridized carbons (Fsp3) is 0. The number of rotatable bonds is 0. The van der Waals surface area contributed by atoms with Crippen molar-refractivity contribution in [3.8, 4) is 0 Å². The van der Waals surface area contributed by atoms with Crippen molar-refractivity contribution in [3.63, 3.8) is 0 Å². The quantitative estimate of drug-likeness (QED) is 0.384. The molecule has 52 valence electrons. The van der Waals surface area contributed by atoms with E-state index in [-0.39, 0.29) is 71.4 Å². The second kappa shape index (κ2) is 8.92. The van der Waals surface area contributed by atoms with E-state index in [0.29, 0.717) is 0 Å². The Balaban J connectivity index is -0.0000000267. The van der Waals surface area contributed by atoms with Crippen LogP contribution in [0.1, 0.15) is 0 Å². The molecule has 0 aliphatic rings. The molecule has 5 nitrogen and oxygen atoms in total. The first-order chi connectivity index (χ1) is 2.00. The third-order valence-corrected chi connectivity index (χ3v) is 0. The maximum absolute atomic E-state index is 8.74. The van der Waals surface area contributed by atoms with Gasteiger partial charge in [-0.1, -0.05) is 0 Å². The van der Waals surface area contributed by atoms with Crippen LogP contribution >= 0.6 is 0 Å². The predicted octanol–water partition coefficient (Wildman–Crippen LogP) is -2.40.